The lowest BCUT2D eigenvalue weighted by Gasteiger charge is -2.18. The minimum Gasteiger partial charge on any atom is -0.309 e. The van der Waals surface area contributed by atoms with Crippen LogP contribution in [0, 0.1) is 0 Å². The van der Waals surface area contributed by atoms with Gasteiger partial charge in [0.15, 0.2) is 0 Å². The van der Waals surface area contributed by atoms with Gasteiger partial charge in [0, 0.05) is 22.4 Å². The van der Waals surface area contributed by atoms with Crippen molar-refractivity contribution in [1.82, 2.24) is 4.57 Å². The maximum Gasteiger partial charge on any atom is 0.416 e. The monoisotopic (exact) mass is 803 g/mol. The van der Waals surface area contributed by atoms with Crippen molar-refractivity contribution in [3.8, 4) is 50.2 Å². The summed E-state index contributed by atoms with van der Waals surface area (Å²) in [5, 5.41) is 7.24. The third-order valence-electron chi connectivity index (χ3n) is 12.9. The number of halogens is 3. The van der Waals surface area contributed by atoms with Crippen LogP contribution in [0.4, 0.5) is 13.2 Å². The quantitative estimate of drug-likeness (QED) is 0.153. The molecular formula is C58H36F3N. The fourth-order valence-electron chi connectivity index (χ4n) is 10.2. The highest BCUT2D eigenvalue weighted by atomic mass is 19.4. The summed E-state index contributed by atoms with van der Waals surface area (Å²) in [4.78, 5) is 0. The summed E-state index contributed by atoms with van der Waals surface area (Å²) < 4.78 is 43.8. The van der Waals surface area contributed by atoms with E-state index in [2.05, 4.69) is 174 Å². The zero-order chi connectivity index (χ0) is 41.5. The third kappa shape index (κ3) is 5.64. The maximum absolute atomic E-state index is 13.8. The molecule has 1 aromatic heterocycles. The summed E-state index contributed by atoms with van der Waals surface area (Å²) >= 11 is 0. The first kappa shape index (κ1) is 36.2. The molecule has 0 saturated heterocycles. The molecule has 0 bridgehead atoms. The Hall–Kier alpha value is -7.69. The van der Waals surface area contributed by atoms with E-state index in [-0.39, 0.29) is 5.92 Å². The topological polar surface area (TPSA) is 4.93 Å². The molecular weight excluding hydrogens is 768 g/mol. The molecule has 12 rings (SSSR count). The Morgan fingerprint density at radius 1 is 0.355 bits per heavy atom. The van der Waals surface area contributed by atoms with Crippen molar-refractivity contribution >= 4 is 43.4 Å². The Kier molecular flexibility index (Phi) is 8.13. The summed E-state index contributed by atoms with van der Waals surface area (Å²) in [6.45, 7) is 0. The number of rotatable bonds is 5. The molecule has 0 saturated carbocycles. The van der Waals surface area contributed by atoms with Crippen LogP contribution in [-0.2, 0) is 6.18 Å². The first-order valence-corrected chi connectivity index (χ1v) is 20.9. The van der Waals surface area contributed by atoms with Gasteiger partial charge in [-0.3, -0.25) is 0 Å². The second-order valence-corrected chi connectivity index (χ2v) is 16.3. The van der Waals surface area contributed by atoms with Gasteiger partial charge >= 0.3 is 6.18 Å². The maximum atomic E-state index is 13.8. The molecule has 0 radical (unpaired) electrons. The summed E-state index contributed by atoms with van der Waals surface area (Å²) in [6, 6.07) is 72.7. The molecule has 294 valence electrons. The fraction of sp³-hybridized carbons (Fsp3) is 0.0345. The lowest BCUT2D eigenvalue weighted by Crippen LogP contribution is -2.07. The lowest BCUT2D eigenvalue weighted by atomic mass is 9.86. The normalized spacial score (nSPS) is 13.6. The molecule has 0 N–H and O–H groups in total. The average molecular weight is 804 g/mol. The van der Waals surface area contributed by atoms with Gasteiger partial charge < -0.3 is 4.57 Å². The van der Waals surface area contributed by atoms with E-state index in [9.17, 15) is 13.2 Å². The molecule has 1 aliphatic carbocycles. The summed E-state index contributed by atoms with van der Waals surface area (Å²) in [6.07, 6.45) is -4.41. The second-order valence-electron chi connectivity index (χ2n) is 16.3. The number of alkyl halides is 3. The molecule has 1 heterocycles. The van der Waals surface area contributed by atoms with Crippen LogP contribution in [-0.4, -0.2) is 4.57 Å². The van der Waals surface area contributed by atoms with Crippen LogP contribution in [0.1, 0.15) is 28.2 Å². The molecule has 62 heavy (non-hydrogen) atoms. The van der Waals surface area contributed by atoms with Gasteiger partial charge in [-0.2, -0.15) is 13.2 Å². The Morgan fingerprint density at radius 2 is 0.887 bits per heavy atom. The Labute approximate surface area is 356 Å². The minimum absolute atomic E-state index is 0.282. The summed E-state index contributed by atoms with van der Waals surface area (Å²) in [5.74, 6) is -0.282. The zero-order valence-electron chi connectivity index (χ0n) is 33.4. The van der Waals surface area contributed by atoms with Crippen molar-refractivity contribution in [3.63, 3.8) is 0 Å². The number of hydrogen-bond donors (Lipinski definition) is 0. The van der Waals surface area contributed by atoms with E-state index in [0.717, 1.165) is 72.5 Å². The molecule has 0 fully saturated rings. The zero-order valence-corrected chi connectivity index (χ0v) is 33.4. The number of para-hydroxylation sites is 1. The molecule has 0 amide bonds. The van der Waals surface area contributed by atoms with Gasteiger partial charge in [-0.1, -0.05) is 170 Å². The average Bonchev–Trinajstić information content (AvgIpc) is 3.83. The predicted octanol–water partition coefficient (Wildman–Crippen LogP) is 16.3. The largest absolute Gasteiger partial charge is 0.416 e. The van der Waals surface area contributed by atoms with Crippen molar-refractivity contribution < 1.29 is 13.2 Å². The fourth-order valence-corrected chi connectivity index (χ4v) is 10.2. The van der Waals surface area contributed by atoms with Gasteiger partial charge in [-0.25, -0.2) is 0 Å². The highest BCUT2D eigenvalue weighted by Gasteiger charge is 2.34. The molecule has 0 aliphatic heterocycles. The van der Waals surface area contributed by atoms with Crippen LogP contribution in [0.5, 0.6) is 0 Å². The summed E-state index contributed by atoms with van der Waals surface area (Å²) in [7, 11) is 0. The van der Waals surface area contributed by atoms with Crippen LogP contribution in [0.25, 0.3) is 93.5 Å². The standard InChI is InChI=1S/C58H36F3N/c59-58(60,61)41-16-12-15-40(33-41)57-45-19-5-4-17-43(45)51-34-38(27-31-50(51)57)39-28-32-54-52(35-39)44-18-10-11-24-53(44)62(54)42-29-25-37(26-30-42)56-48-22-8-6-20-46(48)55(36-13-2-1-3-14-36)47-21-7-9-23-49(47)56/h1-35,57H. The molecule has 1 aliphatic rings. The van der Waals surface area contributed by atoms with Crippen molar-refractivity contribution in [3.05, 3.63) is 235 Å². The lowest BCUT2D eigenvalue weighted by molar-refractivity contribution is -0.137. The number of aromatic nitrogens is 1. The molecule has 10 aromatic carbocycles. The van der Waals surface area contributed by atoms with Crippen LogP contribution in [0.2, 0.25) is 0 Å². The molecule has 0 spiro atoms. The highest BCUT2D eigenvalue weighted by molar-refractivity contribution is 6.21. The summed E-state index contributed by atoms with van der Waals surface area (Å²) in [5.41, 5.74) is 14.5. The van der Waals surface area contributed by atoms with E-state index >= 15 is 0 Å². The van der Waals surface area contributed by atoms with Crippen molar-refractivity contribution in [2.75, 3.05) is 0 Å². The Morgan fingerprint density at radius 3 is 1.58 bits per heavy atom. The number of fused-ring (bicyclic) bond motifs is 8. The van der Waals surface area contributed by atoms with Gasteiger partial charge in [-0.15, -0.1) is 0 Å². The van der Waals surface area contributed by atoms with Crippen LogP contribution in [0.15, 0.2) is 212 Å². The van der Waals surface area contributed by atoms with E-state index in [0.29, 0.717) is 5.56 Å². The highest BCUT2D eigenvalue weighted by Crippen LogP contribution is 2.50. The first-order chi connectivity index (χ1) is 30.4. The van der Waals surface area contributed by atoms with Crippen molar-refractivity contribution in [2.24, 2.45) is 0 Å². The second kappa shape index (κ2) is 13.9. The first-order valence-electron chi connectivity index (χ1n) is 20.9. The smallest absolute Gasteiger partial charge is 0.309 e. The number of nitrogens with zero attached hydrogens (tertiary/aromatic N) is 1. The van der Waals surface area contributed by atoms with E-state index in [1.54, 1.807) is 0 Å². The molecule has 1 nitrogen and oxygen atoms in total. The van der Waals surface area contributed by atoms with Crippen molar-refractivity contribution in [1.29, 1.82) is 0 Å². The van der Waals surface area contributed by atoms with E-state index in [1.165, 1.54) is 50.4 Å². The van der Waals surface area contributed by atoms with Crippen LogP contribution in [0.3, 0.4) is 0 Å². The molecule has 1 atom stereocenters. The molecule has 11 aromatic rings. The third-order valence-corrected chi connectivity index (χ3v) is 12.9. The van der Waals surface area contributed by atoms with Crippen LogP contribution >= 0.6 is 0 Å². The van der Waals surface area contributed by atoms with E-state index in [1.807, 2.05) is 24.3 Å². The van der Waals surface area contributed by atoms with Gasteiger partial charge in [-0.05, 0) is 125 Å². The Bertz CT molecular complexity index is 3500. The SMILES string of the molecule is FC(F)(F)c1cccc(C2c3ccccc3-c3cc(-c4ccc5c(c4)c4ccccc4n5-c4ccc(-c5c6ccccc6c(-c6ccccc6)c6ccccc56)cc4)ccc32)c1. The van der Waals surface area contributed by atoms with Gasteiger partial charge in [0.2, 0.25) is 0 Å². The Balaban J connectivity index is 0.958. The number of benzene rings is 10. The van der Waals surface area contributed by atoms with Gasteiger partial charge in [0.05, 0.1) is 16.6 Å². The van der Waals surface area contributed by atoms with Gasteiger partial charge in [0.1, 0.15) is 0 Å². The van der Waals surface area contributed by atoms with Gasteiger partial charge in [0.25, 0.3) is 0 Å². The molecule has 4 heteroatoms. The molecule has 1 unspecified atom stereocenters. The number of hydrogen-bond acceptors (Lipinski definition) is 0. The predicted molar refractivity (Wildman–Crippen MR) is 250 cm³/mol. The van der Waals surface area contributed by atoms with E-state index < -0.39 is 11.7 Å². The van der Waals surface area contributed by atoms with Crippen molar-refractivity contribution in [2.45, 2.75) is 12.1 Å². The van der Waals surface area contributed by atoms with Crippen LogP contribution < -0.4 is 0 Å². The van der Waals surface area contributed by atoms with E-state index in [4.69, 9.17) is 0 Å². The minimum atomic E-state index is -4.41.